The van der Waals surface area contributed by atoms with Crippen LogP contribution < -0.4 is 0 Å². The van der Waals surface area contributed by atoms with E-state index < -0.39 is 0 Å². The van der Waals surface area contributed by atoms with E-state index in [1.54, 1.807) is 0 Å². The van der Waals surface area contributed by atoms with Crippen molar-refractivity contribution in [1.82, 2.24) is 0 Å². The van der Waals surface area contributed by atoms with Gasteiger partial charge >= 0.3 is 0 Å². The summed E-state index contributed by atoms with van der Waals surface area (Å²) in [6, 6.07) is 4.07. The smallest absolute Gasteiger partial charge is 0.123 e. The molecule has 1 aromatic carbocycles. The van der Waals surface area contributed by atoms with Crippen LogP contribution in [0.25, 0.3) is 0 Å². The summed E-state index contributed by atoms with van der Waals surface area (Å²) in [5.41, 5.74) is 1.07. The molecule has 0 aliphatic heterocycles. The average molecular weight is 194 g/mol. The van der Waals surface area contributed by atoms with Crippen molar-refractivity contribution in [1.29, 1.82) is 0 Å². The summed E-state index contributed by atoms with van der Waals surface area (Å²) in [5, 5.41) is 17.4. The minimum atomic E-state index is -0.387. The average Bonchev–Trinajstić information content (AvgIpc) is 2.20. The molecule has 0 heterocycles. The van der Waals surface area contributed by atoms with Gasteiger partial charge in [-0.05, 0) is 23.8 Å². The number of aliphatic hydroxyl groups excluding tert-OH is 2. The van der Waals surface area contributed by atoms with Crippen LogP contribution in [0.3, 0.4) is 0 Å². The molecule has 0 radical (unpaired) electrons. The summed E-state index contributed by atoms with van der Waals surface area (Å²) in [6.45, 7) is -0.233. The van der Waals surface area contributed by atoms with Crippen LogP contribution in [-0.4, -0.2) is 16.8 Å². The van der Waals surface area contributed by atoms with Gasteiger partial charge < -0.3 is 10.2 Å². The van der Waals surface area contributed by atoms with Crippen molar-refractivity contribution in [2.24, 2.45) is 0 Å². The maximum Gasteiger partial charge on any atom is 0.123 e. The fourth-order valence-corrected chi connectivity index (χ4v) is 1.03. The Labute approximate surface area is 82.0 Å². The topological polar surface area (TPSA) is 40.5 Å². The molecular formula is C11H11FO2. The molecule has 0 atom stereocenters. The first-order valence-electron chi connectivity index (χ1n) is 4.27. The maximum atomic E-state index is 12.7. The van der Waals surface area contributed by atoms with Gasteiger partial charge in [0.25, 0.3) is 0 Å². The third kappa shape index (κ3) is 2.84. The van der Waals surface area contributed by atoms with Crippen LogP contribution in [-0.2, 0) is 6.61 Å². The zero-order valence-electron chi connectivity index (χ0n) is 7.63. The van der Waals surface area contributed by atoms with Gasteiger partial charge in [-0.2, -0.15) is 0 Å². The summed E-state index contributed by atoms with van der Waals surface area (Å²) < 4.78 is 12.7. The van der Waals surface area contributed by atoms with E-state index in [0.717, 1.165) is 0 Å². The molecule has 0 spiro atoms. The number of rotatable bonds is 2. The molecule has 0 unspecified atom stereocenters. The second kappa shape index (κ2) is 5.38. The van der Waals surface area contributed by atoms with Crippen LogP contribution >= 0.6 is 0 Å². The number of halogens is 1. The molecule has 0 aromatic heterocycles. The third-order valence-electron chi connectivity index (χ3n) is 1.70. The minimum absolute atomic E-state index is 0.00263. The Morgan fingerprint density at radius 3 is 2.71 bits per heavy atom. The van der Waals surface area contributed by atoms with E-state index in [1.165, 1.54) is 18.2 Å². The van der Waals surface area contributed by atoms with Crippen molar-refractivity contribution < 1.29 is 14.6 Å². The molecule has 0 saturated heterocycles. The van der Waals surface area contributed by atoms with E-state index in [-0.39, 0.29) is 19.0 Å². The number of hydrogen-bond acceptors (Lipinski definition) is 2. The van der Waals surface area contributed by atoms with Crippen molar-refractivity contribution in [3.8, 4) is 11.8 Å². The SMILES string of the molecule is OCCC#Cc1ccc(F)cc1CO. The maximum absolute atomic E-state index is 12.7. The molecule has 3 heteroatoms. The zero-order chi connectivity index (χ0) is 10.4. The van der Waals surface area contributed by atoms with Crippen LogP contribution in [0.1, 0.15) is 17.5 Å². The summed E-state index contributed by atoms with van der Waals surface area (Å²) >= 11 is 0. The van der Waals surface area contributed by atoms with Crippen molar-refractivity contribution in [2.75, 3.05) is 6.61 Å². The molecular weight excluding hydrogens is 183 g/mol. The Morgan fingerprint density at radius 1 is 1.29 bits per heavy atom. The molecule has 14 heavy (non-hydrogen) atoms. The van der Waals surface area contributed by atoms with E-state index in [9.17, 15) is 4.39 Å². The summed E-state index contributed by atoms with van der Waals surface area (Å²) in [6.07, 6.45) is 0.377. The predicted molar refractivity (Wildman–Crippen MR) is 50.9 cm³/mol. The van der Waals surface area contributed by atoms with Crippen molar-refractivity contribution in [3.63, 3.8) is 0 Å². The van der Waals surface area contributed by atoms with Gasteiger partial charge in [-0.15, -0.1) is 0 Å². The monoisotopic (exact) mass is 194 g/mol. The summed E-state index contributed by atoms with van der Waals surface area (Å²) in [5.74, 6) is 5.08. The van der Waals surface area contributed by atoms with Crippen LogP contribution in [0.5, 0.6) is 0 Å². The molecule has 74 valence electrons. The first kappa shape index (κ1) is 10.7. The van der Waals surface area contributed by atoms with E-state index >= 15 is 0 Å². The van der Waals surface area contributed by atoms with E-state index in [4.69, 9.17) is 10.2 Å². The minimum Gasteiger partial charge on any atom is -0.395 e. The Morgan fingerprint density at radius 2 is 2.07 bits per heavy atom. The molecule has 1 aromatic rings. The highest BCUT2D eigenvalue weighted by atomic mass is 19.1. The first-order chi connectivity index (χ1) is 6.77. The standard InChI is InChI=1S/C11H11FO2/c12-11-5-4-9(3-1-2-6-13)10(7-11)8-14/h4-5,7,13-14H,2,6,8H2. The lowest BCUT2D eigenvalue weighted by molar-refractivity contribution is 0.281. The molecule has 0 bridgehead atoms. The number of benzene rings is 1. The van der Waals surface area contributed by atoms with Crippen molar-refractivity contribution >= 4 is 0 Å². The van der Waals surface area contributed by atoms with Crippen molar-refractivity contribution in [2.45, 2.75) is 13.0 Å². The van der Waals surface area contributed by atoms with Crippen molar-refractivity contribution in [3.05, 3.63) is 35.1 Å². The molecule has 0 aliphatic rings. The molecule has 0 aliphatic carbocycles. The Hall–Kier alpha value is -1.37. The predicted octanol–water partition coefficient (Wildman–Crippen LogP) is 1.05. The van der Waals surface area contributed by atoms with E-state index in [0.29, 0.717) is 17.5 Å². The van der Waals surface area contributed by atoms with Crippen LogP contribution in [0.15, 0.2) is 18.2 Å². The van der Waals surface area contributed by atoms with Gasteiger partial charge in [0, 0.05) is 12.0 Å². The Bertz CT molecular complexity index is 363. The van der Waals surface area contributed by atoms with Gasteiger partial charge in [-0.3, -0.25) is 0 Å². The first-order valence-corrected chi connectivity index (χ1v) is 4.27. The second-order valence-corrected chi connectivity index (χ2v) is 2.73. The Balaban J connectivity index is 2.92. The Kier molecular flexibility index (Phi) is 4.11. The lowest BCUT2D eigenvalue weighted by Crippen LogP contribution is -1.91. The lowest BCUT2D eigenvalue weighted by Gasteiger charge is -1.99. The molecule has 0 amide bonds. The van der Waals surface area contributed by atoms with Gasteiger partial charge in [0.15, 0.2) is 0 Å². The fourth-order valence-electron chi connectivity index (χ4n) is 1.03. The highest BCUT2D eigenvalue weighted by molar-refractivity contribution is 5.41. The number of aliphatic hydroxyl groups is 2. The molecule has 2 nitrogen and oxygen atoms in total. The number of hydrogen-bond donors (Lipinski definition) is 2. The highest BCUT2D eigenvalue weighted by Crippen LogP contribution is 2.10. The highest BCUT2D eigenvalue weighted by Gasteiger charge is 1.99. The van der Waals surface area contributed by atoms with E-state index in [1.807, 2.05) is 0 Å². The molecule has 0 saturated carbocycles. The lowest BCUT2D eigenvalue weighted by atomic mass is 10.1. The summed E-state index contributed by atoms with van der Waals surface area (Å²) in [7, 11) is 0. The molecule has 1 rings (SSSR count). The van der Waals surface area contributed by atoms with Gasteiger partial charge in [-0.1, -0.05) is 11.8 Å². The fraction of sp³-hybridized carbons (Fsp3) is 0.273. The molecule has 0 fully saturated rings. The van der Waals surface area contributed by atoms with Crippen LogP contribution in [0, 0.1) is 17.7 Å². The quantitative estimate of drug-likeness (QED) is 0.691. The van der Waals surface area contributed by atoms with Gasteiger partial charge in [-0.25, -0.2) is 4.39 Å². The largest absolute Gasteiger partial charge is 0.395 e. The zero-order valence-corrected chi connectivity index (χ0v) is 7.63. The normalized spacial score (nSPS) is 9.36. The van der Waals surface area contributed by atoms with Gasteiger partial charge in [0.1, 0.15) is 5.82 Å². The van der Waals surface area contributed by atoms with Crippen LogP contribution in [0.2, 0.25) is 0 Å². The summed E-state index contributed by atoms with van der Waals surface area (Å²) in [4.78, 5) is 0. The van der Waals surface area contributed by atoms with Gasteiger partial charge in [0.05, 0.1) is 13.2 Å². The van der Waals surface area contributed by atoms with E-state index in [2.05, 4.69) is 11.8 Å². The van der Waals surface area contributed by atoms with Gasteiger partial charge in [0.2, 0.25) is 0 Å². The third-order valence-corrected chi connectivity index (χ3v) is 1.70. The van der Waals surface area contributed by atoms with Crippen LogP contribution in [0.4, 0.5) is 4.39 Å². The second-order valence-electron chi connectivity index (χ2n) is 2.73. The molecule has 2 N–H and O–H groups in total.